The smallest absolute Gasteiger partial charge is 0.334 e. The van der Waals surface area contributed by atoms with Crippen molar-refractivity contribution in [3.05, 3.63) is 35.4 Å². The van der Waals surface area contributed by atoms with Gasteiger partial charge < -0.3 is 10.6 Å². The molecule has 116 valence electrons. The van der Waals surface area contributed by atoms with E-state index in [1.807, 2.05) is 6.92 Å². The van der Waals surface area contributed by atoms with Gasteiger partial charge in [-0.15, -0.1) is 0 Å². The molecule has 0 unspecified atom stereocenters. The van der Waals surface area contributed by atoms with Crippen molar-refractivity contribution in [3.8, 4) is 0 Å². The van der Waals surface area contributed by atoms with Crippen molar-refractivity contribution >= 4 is 5.91 Å². The Bertz CT molecular complexity index is 511. The number of rotatable bonds is 2. The van der Waals surface area contributed by atoms with Crippen molar-refractivity contribution in [2.75, 3.05) is 6.54 Å². The maximum Gasteiger partial charge on any atom is 0.416 e. The van der Waals surface area contributed by atoms with Crippen LogP contribution in [0.1, 0.15) is 37.4 Å². The molecule has 0 bridgehead atoms. The highest BCUT2D eigenvalue weighted by Gasteiger charge is 2.36. The molecule has 0 spiro atoms. The first kappa shape index (κ1) is 15.8. The Balaban J connectivity index is 2.25. The molecule has 1 amide bonds. The van der Waals surface area contributed by atoms with E-state index in [1.54, 1.807) is 11.8 Å². The van der Waals surface area contributed by atoms with Crippen molar-refractivity contribution in [1.82, 2.24) is 4.90 Å². The summed E-state index contributed by atoms with van der Waals surface area (Å²) in [5, 5.41) is 0. The molecule has 0 radical (unpaired) electrons. The van der Waals surface area contributed by atoms with Crippen LogP contribution in [-0.2, 0) is 11.0 Å². The molecule has 21 heavy (non-hydrogen) atoms. The molecular formula is C15H19F3N2O. The van der Waals surface area contributed by atoms with Gasteiger partial charge in [0, 0.05) is 6.54 Å². The van der Waals surface area contributed by atoms with Crippen LogP contribution in [0.4, 0.5) is 13.2 Å². The van der Waals surface area contributed by atoms with Crippen molar-refractivity contribution in [2.45, 2.75) is 38.5 Å². The van der Waals surface area contributed by atoms with Crippen LogP contribution in [0.2, 0.25) is 0 Å². The van der Waals surface area contributed by atoms with Gasteiger partial charge in [-0.3, -0.25) is 4.79 Å². The van der Waals surface area contributed by atoms with Gasteiger partial charge >= 0.3 is 6.18 Å². The number of carbonyl (C=O) groups excluding carboxylic acids is 1. The summed E-state index contributed by atoms with van der Waals surface area (Å²) in [6.45, 7) is 4.23. The first-order valence-electron chi connectivity index (χ1n) is 6.93. The lowest BCUT2D eigenvalue weighted by Crippen LogP contribution is -2.41. The third-order valence-corrected chi connectivity index (χ3v) is 3.81. The average Bonchev–Trinajstić information content (AvgIpc) is 2.79. The van der Waals surface area contributed by atoms with Crippen LogP contribution < -0.4 is 5.73 Å². The fraction of sp³-hybridized carbons (Fsp3) is 0.533. The number of nitrogens with zero attached hydrogens (tertiary/aromatic N) is 1. The Hall–Kier alpha value is -1.56. The number of alkyl halides is 3. The molecule has 0 saturated carbocycles. The standard InChI is InChI=1S/C15H19F3N2O/c1-9-7-13(20(8-9)14(21)10(2)19)11-3-5-12(6-4-11)15(16,17)18/h3-6,9-10,13H,7-8,19H2,1-2H3/t9-,10+,13-/m1/s1. The molecule has 1 fully saturated rings. The molecule has 1 heterocycles. The lowest BCUT2D eigenvalue weighted by atomic mass is 9.99. The molecule has 1 saturated heterocycles. The Morgan fingerprint density at radius 3 is 2.38 bits per heavy atom. The minimum absolute atomic E-state index is 0.163. The number of amides is 1. The fourth-order valence-corrected chi connectivity index (χ4v) is 2.76. The quantitative estimate of drug-likeness (QED) is 0.912. The van der Waals surface area contributed by atoms with Gasteiger partial charge in [-0.2, -0.15) is 13.2 Å². The van der Waals surface area contributed by atoms with Gasteiger partial charge in [0.25, 0.3) is 0 Å². The first-order valence-corrected chi connectivity index (χ1v) is 6.93. The molecule has 1 aromatic rings. The minimum Gasteiger partial charge on any atom is -0.334 e. The topological polar surface area (TPSA) is 46.3 Å². The minimum atomic E-state index is -4.34. The second kappa shape index (κ2) is 5.67. The van der Waals surface area contributed by atoms with E-state index in [9.17, 15) is 18.0 Å². The molecular weight excluding hydrogens is 281 g/mol. The van der Waals surface area contributed by atoms with Crippen LogP contribution in [-0.4, -0.2) is 23.4 Å². The van der Waals surface area contributed by atoms with Gasteiger partial charge in [0.1, 0.15) is 0 Å². The zero-order valence-corrected chi connectivity index (χ0v) is 12.0. The Morgan fingerprint density at radius 2 is 1.90 bits per heavy atom. The third kappa shape index (κ3) is 3.37. The summed E-state index contributed by atoms with van der Waals surface area (Å²) in [4.78, 5) is 13.8. The molecule has 1 aliphatic rings. The van der Waals surface area contributed by atoms with E-state index in [-0.39, 0.29) is 11.9 Å². The lowest BCUT2D eigenvalue weighted by Gasteiger charge is -2.26. The summed E-state index contributed by atoms with van der Waals surface area (Å²) >= 11 is 0. The number of hydrogen-bond acceptors (Lipinski definition) is 2. The number of halogens is 3. The maximum absolute atomic E-state index is 12.6. The Labute approximate surface area is 121 Å². The van der Waals surface area contributed by atoms with Crippen LogP contribution in [0.15, 0.2) is 24.3 Å². The number of nitrogens with two attached hydrogens (primary N) is 1. The number of likely N-dealkylation sites (tertiary alicyclic amines) is 1. The number of hydrogen-bond donors (Lipinski definition) is 1. The number of carbonyl (C=O) groups is 1. The van der Waals surface area contributed by atoms with Crippen molar-refractivity contribution in [2.24, 2.45) is 11.7 Å². The van der Waals surface area contributed by atoms with Crippen molar-refractivity contribution < 1.29 is 18.0 Å². The predicted molar refractivity (Wildman–Crippen MR) is 73.3 cm³/mol. The molecule has 3 atom stereocenters. The van der Waals surface area contributed by atoms with Crippen molar-refractivity contribution in [1.29, 1.82) is 0 Å². The Morgan fingerprint density at radius 1 is 1.33 bits per heavy atom. The van der Waals surface area contributed by atoms with Gasteiger partial charge in [0.15, 0.2) is 0 Å². The highest BCUT2D eigenvalue weighted by atomic mass is 19.4. The van der Waals surface area contributed by atoms with E-state index < -0.39 is 17.8 Å². The van der Waals surface area contributed by atoms with Gasteiger partial charge in [0.05, 0.1) is 17.6 Å². The van der Waals surface area contributed by atoms with Crippen molar-refractivity contribution in [3.63, 3.8) is 0 Å². The van der Waals surface area contributed by atoms with Gasteiger partial charge in [-0.1, -0.05) is 19.1 Å². The molecule has 0 aliphatic carbocycles. The monoisotopic (exact) mass is 300 g/mol. The predicted octanol–water partition coefficient (Wildman–Crippen LogP) is 2.96. The van der Waals surface area contributed by atoms with E-state index in [0.29, 0.717) is 12.5 Å². The molecule has 2 rings (SSSR count). The summed E-state index contributed by atoms with van der Waals surface area (Å²) < 4.78 is 37.8. The zero-order chi connectivity index (χ0) is 15.8. The summed E-state index contributed by atoms with van der Waals surface area (Å²) in [5.41, 5.74) is 5.69. The highest BCUT2D eigenvalue weighted by molar-refractivity contribution is 5.82. The fourth-order valence-electron chi connectivity index (χ4n) is 2.76. The van der Waals surface area contributed by atoms with Crippen LogP contribution in [0.25, 0.3) is 0 Å². The maximum atomic E-state index is 12.6. The van der Waals surface area contributed by atoms with Gasteiger partial charge in [-0.05, 0) is 37.0 Å². The van der Waals surface area contributed by atoms with Crippen LogP contribution in [0, 0.1) is 5.92 Å². The summed E-state index contributed by atoms with van der Waals surface area (Å²) in [7, 11) is 0. The average molecular weight is 300 g/mol. The van der Waals surface area contributed by atoms with E-state index in [2.05, 4.69) is 0 Å². The molecule has 3 nitrogen and oxygen atoms in total. The summed E-state index contributed by atoms with van der Waals surface area (Å²) in [6, 6.07) is 4.23. The second-order valence-corrected chi connectivity index (χ2v) is 5.76. The van der Waals surface area contributed by atoms with Crippen LogP contribution >= 0.6 is 0 Å². The van der Waals surface area contributed by atoms with E-state index in [0.717, 1.165) is 24.1 Å². The van der Waals surface area contributed by atoms with Gasteiger partial charge in [-0.25, -0.2) is 0 Å². The normalized spacial score (nSPS) is 24.2. The largest absolute Gasteiger partial charge is 0.416 e. The molecule has 6 heteroatoms. The Kier molecular flexibility index (Phi) is 4.27. The lowest BCUT2D eigenvalue weighted by molar-refractivity contribution is -0.137. The van der Waals surface area contributed by atoms with E-state index >= 15 is 0 Å². The highest BCUT2D eigenvalue weighted by Crippen LogP contribution is 2.37. The first-order chi connectivity index (χ1) is 9.70. The molecule has 0 aromatic heterocycles. The van der Waals surface area contributed by atoms with E-state index in [4.69, 9.17) is 5.73 Å². The van der Waals surface area contributed by atoms with E-state index in [1.165, 1.54) is 12.1 Å². The SMILES string of the molecule is C[C@@H]1C[C@H](c2ccc(C(F)(F)F)cc2)N(C(=O)[C@H](C)N)C1. The summed E-state index contributed by atoms with van der Waals surface area (Å²) in [6.07, 6.45) is -3.60. The van der Waals surface area contributed by atoms with Crippen LogP contribution in [0.5, 0.6) is 0 Å². The molecule has 2 N–H and O–H groups in total. The third-order valence-electron chi connectivity index (χ3n) is 3.81. The molecule has 1 aromatic carbocycles. The summed E-state index contributed by atoms with van der Waals surface area (Å²) in [5.74, 6) is 0.143. The molecule has 1 aliphatic heterocycles. The van der Waals surface area contributed by atoms with Gasteiger partial charge in [0.2, 0.25) is 5.91 Å². The number of benzene rings is 1. The zero-order valence-electron chi connectivity index (χ0n) is 12.0. The van der Waals surface area contributed by atoms with Crippen LogP contribution in [0.3, 0.4) is 0 Å². The second-order valence-electron chi connectivity index (χ2n) is 5.76.